The second-order valence-electron chi connectivity index (χ2n) is 5.13. The zero-order valence-electron chi connectivity index (χ0n) is 9.65. The average molecular weight is 304 g/mol. The molecule has 0 fully saturated rings. The van der Waals surface area contributed by atoms with Crippen LogP contribution in [0, 0.1) is 5.41 Å². The van der Waals surface area contributed by atoms with Crippen molar-refractivity contribution in [2.24, 2.45) is 5.41 Å². The molecule has 0 spiro atoms. The lowest BCUT2D eigenvalue weighted by molar-refractivity contribution is 0.344. The van der Waals surface area contributed by atoms with Crippen LogP contribution in [0.15, 0.2) is 16.6 Å². The van der Waals surface area contributed by atoms with Crippen LogP contribution in [0.5, 0.6) is 5.75 Å². The van der Waals surface area contributed by atoms with E-state index in [4.69, 9.17) is 16.3 Å². The Hall–Kier alpha value is -0.210. The Bertz CT molecular complexity index is 401. The molecule has 1 aromatic rings. The summed E-state index contributed by atoms with van der Waals surface area (Å²) in [5.41, 5.74) is 2.70. The molecule has 0 atom stereocenters. The van der Waals surface area contributed by atoms with Gasteiger partial charge in [0.15, 0.2) is 0 Å². The van der Waals surface area contributed by atoms with Crippen molar-refractivity contribution in [3.05, 3.63) is 27.7 Å². The maximum absolute atomic E-state index is 5.98. The minimum atomic E-state index is 0.113. The molecule has 0 amide bonds. The Labute approximate surface area is 110 Å². The number of rotatable bonds is 3. The van der Waals surface area contributed by atoms with Crippen LogP contribution >= 0.6 is 27.5 Å². The number of fused-ring (bicyclic) bond motifs is 1. The van der Waals surface area contributed by atoms with E-state index in [1.165, 1.54) is 11.1 Å². The van der Waals surface area contributed by atoms with Gasteiger partial charge in [-0.05, 0) is 35.1 Å². The van der Waals surface area contributed by atoms with Crippen molar-refractivity contribution in [1.82, 2.24) is 0 Å². The lowest BCUT2D eigenvalue weighted by atomic mass is 9.87. The van der Waals surface area contributed by atoms with Crippen molar-refractivity contribution in [3.8, 4) is 5.75 Å². The highest BCUT2D eigenvalue weighted by Gasteiger charge is 2.23. The van der Waals surface area contributed by atoms with Gasteiger partial charge in [0.2, 0.25) is 0 Å². The molecule has 0 N–H and O–H groups in total. The molecule has 0 saturated heterocycles. The second kappa shape index (κ2) is 4.58. The third kappa shape index (κ3) is 2.54. The maximum Gasteiger partial charge on any atom is 0.125 e. The molecular formula is C13H16BrClO. The van der Waals surface area contributed by atoms with Crippen LogP contribution in [0.1, 0.15) is 25.0 Å². The lowest BCUT2D eigenvalue weighted by Crippen LogP contribution is -2.17. The molecule has 0 aliphatic carbocycles. The Morgan fingerprint density at radius 3 is 2.88 bits per heavy atom. The Morgan fingerprint density at radius 1 is 1.44 bits per heavy atom. The number of hydrogen-bond acceptors (Lipinski definition) is 1. The maximum atomic E-state index is 5.98. The monoisotopic (exact) mass is 302 g/mol. The first-order chi connectivity index (χ1) is 7.52. The number of alkyl halides is 1. The highest BCUT2D eigenvalue weighted by atomic mass is 79.9. The summed E-state index contributed by atoms with van der Waals surface area (Å²) in [6.07, 6.45) is 1.97. The topological polar surface area (TPSA) is 9.23 Å². The van der Waals surface area contributed by atoms with Crippen LogP contribution in [0.25, 0.3) is 0 Å². The minimum Gasteiger partial charge on any atom is -0.493 e. The van der Waals surface area contributed by atoms with Gasteiger partial charge in [0.05, 0.1) is 6.61 Å². The normalized spacial score (nSPS) is 14.8. The summed E-state index contributed by atoms with van der Waals surface area (Å²) in [6, 6.07) is 4.30. The molecule has 1 heterocycles. The van der Waals surface area contributed by atoms with Crippen molar-refractivity contribution in [1.29, 1.82) is 0 Å². The summed E-state index contributed by atoms with van der Waals surface area (Å²) < 4.78 is 6.85. The molecule has 0 unspecified atom stereocenters. The van der Waals surface area contributed by atoms with Crippen molar-refractivity contribution in [2.75, 3.05) is 12.5 Å². The molecule has 0 saturated carbocycles. The van der Waals surface area contributed by atoms with Crippen LogP contribution < -0.4 is 4.74 Å². The van der Waals surface area contributed by atoms with Crippen molar-refractivity contribution in [2.45, 2.75) is 26.7 Å². The summed E-state index contributed by atoms with van der Waals surface area (Å²) in [4.78, 5) is 0. The van der Waals surface area contributed by atoms with Crippen LogP contribution in [0.3, 0.4) is 0 Å². The number of halogens is 2. The van der Waals surface area contributed by atoms with Gasteiger partial charge in [0.1, 0.15) is 5.75 Å². The molecule has 0 aromatic heterocycles. The third-order valence-electron chi connectivity index (χ3n) is 2.86. The zero-order chi connectivity index (χ0) is 11.8. The molecule has 1 aromatic carbocycles. The minimum absolute atomic E-state index is 0.113. The van der Waals surface area contributed by atoms with E-state index < -0.39 is 0 Å². The summed E-state index contributed by atoms with van der Waals surface area (Å²) in [5, 5.41) is 0. The summed E-state index contributed by atoms with van der Waals surface area (Å²) in [5.74, 6) is 1.75. The average Bonchev–Trinajstić information content (AvgIpc) is 2.65. The molecule has 16 heavy (non-hydrogen) atoms. The molecule has 0 radical (unpaired) electrons. The summed E-state index contributed by atoms with van der Waals surface area (Å²) in [6.45, 7) is 5.17. The van der Waals surface area contributed by atoms with Crippen molar-refractivity contribution >= 4 is 27.5 Å². The van der Waals surface area contributed by atoms with Gasteiger partial charge in [-0.2, -0.15) is 0 Å². The van der Waals surface area contributed by atoms with E-state index in [1.807, 2.05) is 0 Å². The first-order valence-corrected chi connectivity index (χ1v) is 6.85. The van der Waals surface area contributed by atoms with Gasteiger partial charge < -0.3 is 4.74 Å². The Balaban J connectivity index is 2.34. The van der Waals surface area contributed by atoms with Crippen LogP contribution in [0.2, 0.25) is 0 Å². The van der Waals surface area contributed by atoms with Crippen molar-refractivity contribution < 1.29 is 4.74 Å². The predicted molar refractivity (Wildman–Crippen MR) is 71.5 cm³/mol. The van der Waals surface area contributed by atoms with Gasteiger partial charge in [0, 0.05) is 16.8 Å². The van der Waals surface area contributed by atoms with Gasteiger partial charge in [-0.1, -0.05) is 29.8 Å². The first-order valence-electron chi connectivity index (χ1n) is 5.52. The van der Waals surface area contributed by atoms with E-state index in [0.29, 0.717) is 5.88 Å². The third-order valence-corrected chi connectivity index (χ3v) is 4.04. The largest absolute Gasteiger partial charge is 0.493 e. The Kier molecular flexibility index (Phi) is 3.50. The van der Waals surface area contributed by atoms with Gasteiger partial charge >= 0.3 is 0 Å². The van der Waals surface area contributed by atoms with E-state index in [2.05, 4.69) is 41.9 Å². The fourth-order valence-corrected chi connectivity index (χ4v) is 2.69. The lowest BCUT2D eigenvalue weighted by Gasteiger charge is -2.22. The van der Waals surface area contributed by atoms with E-state index in [0.717, 1.165) is 29.7 Å². The van der Waals surface area contributed by atoms with E-state index in [9.17, 15) is 0 Å². The van der Waals surface area contributed by atoms with Gasteiger partial charge in [-0.3, -0.25) is 0 Å². The SMILES string of the molecule is CC(C)(CCl)Cc1cc(Br)cc2c1OCC2. The first kappa shape index (κ1) is 12.3. The molecule has 1 aliphatic rings. The smallest absolute Gasteiger partial charge is 0.125 e. The van der Waals surface area contributed by atoms with Crippen LogP contribution in [-0.4, -0.2) is 12.5 Å². The Morgan fingerprint density at radius 2 is 2.19 bits per heavy atom. The molecule has 2 rings (SSSR count). The number of hydrogen-bond donors (Lipinski definition) is 0. The highest BCUT2D eigenvalue weighted by Crippen LogP contribution is 2.36. The summed E-state index contributed by atoms with van der Waals surface area (Å²) in [7, 11) is 0. The fourth-order valence-electron chi connectivity index (χ4n) is 2.04. The van der Waals surface area contributed by atoms with E-state index in [-0.39, 0.29) is 5.41 Å². The van der Waals surface area contributed by atoms with Gasteiger partial charge in [-0.15, -0.1) is 11.6 Å². The van der Waals surface area contributed by atoms with Crippen molar-refractivity contribution in [3.63, 3.8) is 0 Å². The second-order valence-corrected chi connectivity index (χ2v) is 6.31. The molecule has 3 heteroatoms. The standard InChI is InChI=1S/C13H16BrClO/c1-13(2,8-15)7-10-6-11(14)5-9-3-4-16-12(9)10/h5-6H,3-4,7-8H2,1-2H3. The van der Waals surface area contributed by atoms with Crippen LogP contribution in [0.4, 0.5) is 0 Å². The molecule has 1 aliphatic heterocycles. The van der Waals surface area contributed by atoms with E-state index >= 15 is 0 Å². The number of ether oxygens (including phenoxy) is 1. The van der Waals surface area contributed by atoms with E-state index in [1.54, 1.807) is 0 Å². The zero-order valence-corrected chi connectivity index (χ0v) is 12.0. The molecule has 88 valence electrons. The molecule has 0 bridgehead atoms. The van der Waals surface area contributed by atoms with Gasteiger partial charge in [-0.25, -0.2) is 0 Å². The molecule has 1 nitrogen and oxygen atoms in total. The summed E-state index contributed by atoms with van der Waals surface area (Å²) >= 11 is 9.54. The quantitative estimate of drug-likeness (QED) is 0.761. The predicted octanol–water partition coefficient (Wildman–Crippen LogP) is 4.19. The number of benzene rings is 1. The van der Waals surface area contributed by atoms with Gasteiger partial charge in [0.25, 0.3) is 0 Å². The van der Waals surface area contributed by atoms with Crippen LogP contribution in [-0.2, 0) is 12.8 Å². The fraction of sp³-hybridized carbons (Fsp3) is 0.538. The molecular weight excluding hydrogens is 287 g/mol. The highest BCUT2D eigenvalue weighted by molar-refractivity contribution is 9.10.